The number of nitrogens with zero attached hydrogens (tertiary/aromatic N) is 1. The van der Waals surface area contributed by atoms with Gasteiger partial charge in [0.1, 0.15) is 17.2 Å². The van der Waals surface area contributed by atoms with E-state index in [0.717, 1.165) is 0 Å². The van der Waals surface area contributed by atoms with Gasteiger partial charge in [0, 0.05) is 0 Å². The second-order valence-corrected chi connectivity index (χ2v) is 8.09. The molecule has 6 nitrogen and oxygen atoms in total. The van der Waals surface area contributed by atoms with Gasteiger partial charge in [-0.25, -0.2) is 4.90 Å². The Morgan fingerprint density at radius 3 is 2.18 bits per heavy atom. The van der Waals surface area contributed by atoms with Gasteiger partial charge in [0.05, 0.1) is 30.7 Å². The van der Waals surface area contributed by atoms with E-state index >= 15 is 0 Å². The predicted molar refractivity (Wildman–Crippen MR) is 129 cm³/mol. The van der Waals surface area contributed by atoms with E-state index in [4.69, 9.17) is 9.47 Å². The fourth-order valence-corrected chi connectivity index (χ4v) is 3.59. The lowest BCUT2D eigenvalue weighted by molar-refractivity contribution is -0.120. The maximum atomic E-state index is 13.5. The first kappa shape index (κ1) is 22.1. The summed E-state index contributed by atoms with van der Waals surface area (Å²) in [5, 5.41) is 3.15. The highest BCUT2D eigenvalue weighted by molar-refractivity contribution is 6.46. The zero-order valence-electron chi connectivity index (χ0n) is 18.9. The number of carbonyl (C=O) groups excluding carboxylic acids is 2. The maximum absolute atomic E-state index is 13.5. The third-order valence-corrected chi connectivity index (χ3v) is 5.19. The van der Waals surface area contributed by atoms with Gasteiger partial charge in [-0.15, -0.1) is 0 Å². The SMILES string of the molecule is COc1ccccc1NC1=C(c2ccc(OCC(C)C)cc2)C(=O)N(c2ccccc2)C1=O. The molecule has 0 saturated heterocycles. The highest BCUT2D eigenvalue weighted by atomic mass is 16.5. The number of rotatable bonds is 8. The van der Waals surface area contributed by atoms with Crippen molar-refractivity contribution < 1.29 is 19.1 Å². The molecule has 1 heterocycles. The Hall–Kier alpha value is -4.06. The van der Waals surface area contributed by atoms with E-state index in [1.807, 2.05) is 30.3 Å². The van der Waals surface area contributed by atoms with Crippen LogP contribution in [0.2, 0.25) is 0 Å². The van der Waals surface area contributed by atoms with Crippen LogP contribution in [-0.2, 0) is 9.59 Å². The third kappa shape index (κ3) is 4.60. The first-order chi connectivity index (χ1) is 16.0. The van der Waals surface area contributed by atoms with Gasteiger partial charge in [0.25, 0.3) is 11.8 Å². The normalized spacial score (nSPS) is 13.6. The average Bonchev–Trinajstić information content (AvgIpc) is 3.08. The van der Waals surface area contributed by atoms with Gasteiger partial charge >= 0.3 is 0 Å². The molecule has 0 saturated carbocycles. The van der Waals surface area contributed by atoms with Gasteiger partial charge in [0.2, 0.25) is 0 Å². The summed E-state index contributed by atoms with van der Waals surface area (Å²) in [4.78, 5) is 28.2. The van der Waals surface area contributed by atoms with Crippen LogP contribution >= 0.6 is 0 Å². The molecular formula is C27H26N2O4. The minimum atomic E-state index is -0.424. The molecule has 1 aliphatic heterocycles. The molecule has 3 aromatic carbocycles. The van der Waals surface area contributed by atoms with Crippen molar-refractivity contribution in [3.8, 4) is 11.5 Å². The molecule has 0 aromatic heterocycles. The summed E-state index contributed by atoms with van der Waals surface area (Å²) in [5.74, 6) is 0.869. The van der Waals surface area contributed by atoms with E-state index in [2.05, 4.69) is 19.2 Å². The van der Waals surface area contributed by atoms with Crippen LogP contribution in [0, 0.1) is 5.92 Å². The first-order valence-electron chi connectivity index (χ1n) is 10.8. The Labute approximate surface area is 193 Å². The van der Waals surface area contributed by atoms with Gasteiger partial charge in [0.15, 0.2) is 0 Å². The third-order valence-electron chi connectivity index (χ3n) is 5.19. The van der Waals surface area contributed by atoms with Crippen LogP contribution in [-0.4, -0.2) is 25.5 Å². The quantitative estimate of drug-likeness (QED) is 0.490. The summed E-state index contributed by atoms with van der Waals surface area (Å²) < 4.78 is 11.2. The molecule has 0 spiro atoms. The minimum Gasteiger partial charge on any atom is -0.495 e. The zero-order valence-corrected chi connectivity index (χ0v) is 18.9. The van der Waals surface area contributed by atoms with Crippen molar-refractivity contribution in [3.05, 3.63) is 90.1 Å². The Morgan fingerprint density at radius 2 is 1.52 bits per heavy atom. The van der Waals surface area contributed by atoms with E-state index in [1.54, 1.807) is 55.6 Å². The molecule has 33 heavy (non-hydrogen) atoms. The van der Waals surface area contributed by atoms with Crippen molar-refractivity contribution in [3.63, 3.8) is 0 Å². The number of hydrogen-bond acceptors (Lipinski definition) is 5. The van der Waals surface area contributed by atoms with E-state index in [9.17, 15) is 9.59 Å². The molecule has 1 N–H and O–H groups in total. The number of hydrogen-bond donors (Lipinski definition) is 1. The lowest BCUT2D eigenvalue weighted by Gasteiger charge is -2.15. The lowest BCUT2D eigenvalue weighted by Crippen LogP contribution is -2.32. The number of nitrogens with one attached hydrogen (secondary N) is 1. The Morgan fingerprint density at radius 1 is 0.848 bits per heavy atom. The lowest BCUT2D eigenvalue weighted by atomic mass is 10.0. The monoisotopic (exact) mass is 442 g/mol. The van der Waals surface area contributed by atoms with E-state index in [1.165, 1.54) is 4.90 Å². The van der Waals surface area contributed by atoms with Crippen LogP contribution in [0.5, 0.6) is 11.5 Å². The highest BCUT2D eigenvalue weighted by Crippen LogP contribution is 2.36. The number of para-hydroxylation sites is 3. The molecule has 0 aliphatic carbocycles. The molecule has 0 radical (unpaired) electrons. The fourth-order valence-electron chi connectivity index (χ4n) is 3.59. The molecule has 1 aliphatic rings. The van der Waals surface area contributed by atoms with Gasteiger partial charge in [-0.1, -0.05) is 56.3 Å². The van der Waals surface area contributed by atoms with Gasteiger partial charge in [-0.05, 0) is 47.9 Å². The highest BCUT2D eigenvalue weighted by Gasteiger charge is 2.40. The van der Waals surface area contributed by atoms with Crippen molar-refractivity contribution in [2.75, 3.05) is 23.9 Å². The van der Waals surface area contributed by atoms with Crippen LogP contribution in [0.15, 0.2) is 84.6 Å². The average molecular weight is 443 g/mol. The molecule has 0 fully saturated rings. The van der Waals surface area contributed by atoms with Crippen LogP contribution < -0.4 is 19.7 Å². The Balaban J connectivity index is 1.75. The molecule has 0 atom stereocenters. The fraction of sp³-hybridized carbons (Fsp3) is 0.185. The minimum absolute atomic E-state index is 0.198. The molecule has 0 bridgehead atoms. The van der Waals surface area contributed by atoms with Crippen molar-refractivity contribution in [1.82, 2.24) is 0 Å². The standard InChI is InChI=1S/C27H26N2O4/c1-18(2)17-33-21-15-13-19(14-16-21)24-25(28-22-11-7-8-12-23(22)32-3)27(31)29(26(24)30)20-9-5-4-6-10-20/h4-16,18,28H,17H2,1-3H3. The van der Waals surface area contributed by atoms with Crippen molar-refractivity contribution in [1.29, 1.82) is 0 Å². The predicted octanol–water partition coefficient (Wildman–Crippen LogP) is 5.13. The summed E-state index contributed by atoms with van der Waals surface area (Å²) in [6, 6.07) is 23.4. The first-order valence-corrected chi connectivity index (χ1v) is 10.8. The number of ether oxygens (including phenoxy) is 2. The molecule has 0 unspecified atom stereocenters. The molecule has 2 amide bonds. The smallest absolute Gasteiger partial charge is 0.282 e. The topological polar surface area (TPSA) is 67.9 Å². The number of anilines is 2. The summed E-state index contributed by atoms with van der Waals surface area (Å²) in [6.45, 7) is 4.76. The van der Waals surface area contributed by atoms with Crippen LogP contribution in [0.3, 0.4) is 0 Å². The molecule has 3 aromatic rings. The summed E-state index contributed by atoms with van der Waals surface area (Å²) in [7, 11) is 1.56. The molecule has 168 valence electrons. The second kappa shape index (κ2) is 9.61. The largest absolute Gasteiger partial charge is 0.495 e. The van der Waals surface area contributed by atoms with Crippen LogP contribution in [0.1, 0.15) is 19.4 Å². The van der Waals surface area contributed by atoms with E-state index < -0.39 is 5.91 Å². The number of carbonyl (C=O) groups is 2. The summed E-state index contributed by atoms with van der Waals surface area (Å²) >= 11 is 0. The number of amides is 2. The zero-order chi connectivity index (χ0) is 23.4. The number of benzene rings is 3. The van der Waals surface area contributed by atoms with Gasteiger partial charge < -0.3 is 14.8 Å². The van der Waals surface area contributed by atoms with Crippen molar-refractivity contribution in [2.24, 2.45) is 5.92 Å². The van der Waals surface area contributed by atoms with Crippen LogP contribution in [0.25, 0.3) is 5.57 Å². The Kier molecular flexibility index (Phi) is 6.45. The van der Waals surface area contributed by atoms with Gasteiger partial charge in [-0.2, -0.15) is 0 Å². The van der Waals surface area contributed by atoms with E-state index in [-0.39, 0.29) is 11.6 Å². The van der Waals surface area contributed by atoms with Crippen LogP contribution in [0.4, 0.5) is 11.4 Å². The summed E-state index contributed by atoms with van der Waals surface area (Å²) in [6.07, 6.45) is 0. The Bertz CT molecular complexity index is 1180. The van der Waals surface area contributed by atoms with Gasteiger partial charge in [-0.3, -0.25) is 9.59 Å². The second-order valence-electron chi connectivity index (χ2n) is 8.09. The maximum Gasteiger partial charge on any atom is 0.282 e. The number of methoxy groups -OCH3 is 1. The molecule has 4 rings (SSSR count). The molecular weight excluding hydrogens is 416 g/mol. The number of imide groups is 1. The van der Waals surface area contributed by atoms with Crippen molar-refractivity contribution >= 4 is 28.8 Å². The van der Waals surface area contributed by atoms with E-state index in [0.29, 0.717) is 46.5 Å². The summed E-state index contributed by atoms with van der Waals surface area (Å²) in [5.41, 5.74) is 2.23. The van der Waals surface area contributed by atoms with Crippen molar-refractivity contribution in [2.45, 2.75) is 13.8 Å². The molecule has 6 heteroatoms.